The van der Waals surface area contributed by atoms with E-state index in [1.54, 1.807) is 0 Å². The van der Waals surface area contributed by atoms with Gasteiger partial charge < -0.3 is 14.6 Å². The fourth-order valence-electron chi connectivity index (χ4n) is 5.02. The van der Waals surface area contributed by atoms with Crippen molar-refractivity contribution in [3.05, 3.63) is 48.9 Å². The molecule has 1 saturated heterocycles. The summed E-state index contributed by atoms with van der Waals surface area (Å²) < 4.78 is 2.08. The maximum atomic E-state index is 4.34. The number of rotatable bonds is 2. The molecule has 1 N–H and O–H groups in total. The van der Waals surface area contributed by atoms with Crippen molar-refractivity contribution in [2.45, 2.75) is 37.9 Å². The van der Waals surface area contributed by atoms with E-state index in [2.05, 4.69) is 68.0 Å². The highest BCUT2D eigenvalue weighted by molar-refractivity contribution is 5.83. The van der Waals surface area contributed by atoms with Crippen LogP contribution in [0.15, 0.2) is 48.9 Å². The molecule has 1 saturated carbocycles. The highest BCUT2D eigenvalue weighted by Crippen LogP contribution is 2.44. The number of benzene rings is 1. The van der Waals surface area contributed by atoms with Gasteiger partial charge in [0.15, 0.2) is 0 Å². The molecule has 4 heterocycles. The van der Waals surface area contributed by atoms with Crippen molar-refractivity contribution in [1.82, 2.24) is 14.3 Å². The average molecular weight is 359 g/mol. The molecule has 2 aromatic heterocycles. The molecule has 0 spiro atoms. The average Bonchev–Trinajstić information content (AvgIpc) is 3.19. The van der Waals surface area contributed by atoms with Gasteiger partial charge in [-0.3, -0.25) is 4.90 Å². The molecular weight excluding hydrogens is 334 g/mol. The first-order valence-corrected chi connectivity index (χ1v) is 10.1. The minimum absolute atomic E-state index is 0.00307. The van der Waals surface area contributed by atoms with Crippen LogP contribution in [-0.2, 0) is 0 Å². The molecule has 0 radical (unpaired) electrons. The molecule has 1 atom stereocenters. The van der Waals surface area contributed by atoms with Crippen LogP contribution in [0.2, 0.25) is 0 Å². The van der Waals surface area contributed by atoms with Crippen LogP contribution in [0.1, 0.15) is 26.2 Å². The van der Waals surface area contributed by atoms with Crippen molar-refractivity contribution in [3.8, 4) is 11.1 Å². The quantitative estimate of drug-likeness (QED) is 0.755. The second kappa shape index (κ2) is 5.49. The molecule has 3 aliphatic rings. The van der Waals surface area contributed by atoms with Crippen LogP contribution in [0.4, 0.5) is 11.4 Å². The Bertz CT molecular complexity index is 1020. The van der Waals surface area contributed by atoms with Crippen LogP contribution in [-0.4, -0.2) is 45.6 Å². The van der Waals surface area contributed by atoms with Crippen LogP contribution in [0.3, 0.4) is 0 Å². The molecule has 5 nitrogen and oxygen atoms in total. The van der Waals surface area contributed by atoms with Crippen LogP contribution in [0, 0.1) is 0 Å². The Hall–Kier alpha value is -2.53. The SMILES string of the molecule is CC12CN(C3CCC3)CCN1c1ccc(-c3ccc4nccn4c3)cc1N2. The van der Waals surface area contributed by atoms with Gasteiger partial charge in [-0.05, 0) is 55.2 Å². The fraction of sp³-hybridized carbons (Fsp3) is 0.409. The van der Waals surface area contributed by atoms with Crippen LogP contribution >= 0.6 is 0 Å². The zero-order valence-electron chi connectivity index (χ0n) is 15.7. The first kappa shape index (κ1) is 15.5. The summed E-state index contributed by atoms with van der Waals surface area (Å²) in [6.45, 7) is 5.74. The molecule has 1 unspecified atom stereocenters. The summed E-state index contributed by atoms with van der Waals surface area (Å²) >= 11 is 0. The minimum atomic E-state index is 0.00307. The van der Waals surface area contributed by atoms with E-state index in [0.29, 0.717) is 0 Å². The highest BCUT2D eigenvalue weighted by Gasteiger charge is 2.45. The van der Waals surface area contributed by atoms with Gasteiger partial charge in [-0.1, -0.05) is 12.5 Å². The topological polar surface area (TPSA) is 35.8 Å². The lowest BCUT2D eigenvalue weighted by molar-refractivity contribution is 0.0879. The molecule has 2 fully saturated rings. The third-order valence-corrected chi connectivity index (χ3v) is 6.72. The van der Waals surface area contributed by atoms with E-state index in [0.717, 1.165) is 24.8 Å². The van der Waals surface area contributed by atoms with E-state index in [9.17, 15) is 0 Å². The standard InChI is InChI=1S/C22H25N5/c1-22-15-26(18-3-2-4-18)11-12-27(22)20-7-5-16(13-19(20)24-22)17-6-8-21-23-9-10-25(21)14-17/h5-10,13-14,18,24H,2-4,11-12,15H2,1H3. The van der Waals surface area contributed by atoms with Gasteiger partial charge in [0, 0.05) is 44.3 Å². The Morgan fingerprint density at radius 2 is 2.00 bits per heavy atom. The van der Waals surface area contributed by atoms with E-state index in [4.69, 9.17) is 0 Å². The lowest BCUT2D eigenvalue weighted by Crippen LogP contribution is -2.64. The Morgan fingerprint density at radius 1 is 1.11 bits per heavy atom. The second-order valence-corrected chi connectivity index (χ2v) is 8.45. The number of imidazole rings is 1. The Morgan fingerprint density at radius 3 is 2.85 bits per heavy atom. The normalized spacial score (nSPS) is 25.1. The molecule has 138 valence electrons. The van der Waals surface area contributed by atoms with Crippen molar-refractivity contribution in [1.29, 1.82) is 0 Å². The third-order valence-electron chi connectivity index (χ3n) is 6.72. The molecule has 3 aromatic rings. The maximum Gasteiger partial charge on any atom is 0.136 e. The number of nitrogens with one attached hydrogen (secondary N) is 1. The number of aromatic nitrogens is 2. The fourth-order valence-corrected chi connectivity index (χ4v) is 5.02. The number of anilines is 2. The first-order valence-electron chi connectivity index (χ1n) is 10.1. The molecule has 6 rings (SSSR count). The van der Waals surface area contributed by atoms with E-state index < -0.39 is 0 Å². The largest absolute Gasteiger partial charge is 0.360 e. The van der Waals surface area contributed by atoms with Crippen LogP contribution < -0.4 is 10.2 Å². The summed E-state index contributed by atoms with van der Waals surface area (Å²) in [5, 5.41) is 3.85. The van der Waals surface area contributed by atoms with Gasteiger partial charge in [0.05, 0.1) is 11.4 Å². The molecular formula is C22H25N5. The number of piperazine rings is 1. The molecule has 0 bridgehead atoms. The van der Waals surface area contributed by atoms with Crippen molar-refractivity contribution >= 4 is 17.0 Å². The maximum absolute atomic E-state index is 4.34. The Balaban J connectivity index is 1.33. The van der Waals surface area contributed by atoms with Gasteiger partial charge in [0.2, 0.25) is 0 Å². The number of nitrogens with zero attached hydrogens (tertiary/aromatic N) is 4. The molecule has 27 heavy (non-hydrogen) atoms. The van der Waals surface area contributed by atoms with Crippen molar-refractivity contribution < 1.29 is 0 Å². The molecule has 0 amide bonds. The lowest BCUT2D eigenvalue weighted by Gasteiger charge is -2.50. The van der Waals surface area contributed by atoms with E-state index in [1.807, 2.05) is 12.4 Å². The van der Waals surface area contributed by atoms with Gasteiger partial charge in [0.1, 0.15) is 11.3 Å². The predicted octanol–water partition coefficient (Wildman–Crippen LogP) is 3.82. The summed E-state index contributed by atoms with van der Waals surface area (Å²) in [5.74, 6) is 0. The Labute approximate surface area is 159 Å². The van der Waals surface area contributed by atoms with Crippen molar-refractivity contribution in [2.75, 3.05) is 29.9 Å². The van der Waals surface area contributed by atoms with Crippen LogP contribution in [0.5, 0.6) is 0 Å². The number of hydrogen-bond acceptors (Lipinski definition) is 4. The summed E-state index contributed by atoms with van der Waals surface area (Å²) in [6.07, 6.45) is 10.2. The molecule has 1 aliphatic carbocycles. The number of pyridine rings is 1. The Kier molecular flexibility index (Phi) is 3.15. The van der Waals surface area contributed by atoms with Crippen molar-refractivity contribution in [2.24, 2.45) is 0 Å². The van der Waals surface area contributed by atoms with E-state index in [-0.39, 0.29) is 5.66 Å². The third kappa shape index (κ3) is 2.31. The number of fused-ring (bicyclic) bond motifs is 4. The van der Waals surface area contributed by atoms with Crippen molar-refractivity contribution in [3.63, 3.8) is 0 Å². The monoisotopic (exact) mass is 359 g/mol. The zero-order chi connectivity index (χ0) is 18.0. The summed E-state index contributed by atoms with van der Waals surface area (Å²) in [7, 11) is 0. The predicted molar refractivity (Wildman–Crippen MR) is 109 cm³/mol. The highest BCUT2D eigenvalue weighted by atomic mass is 15.4. The van der Waals surface area contributed by atoms with E-state index in [1.165, 1.54) is 48.3 Å². The van der Waals surface area contributed by atoms with E-state index >= 15 is 0 Å². The second-order valence-electron chi connectivity index (χ2n) is 8.45. The van der Waals surface area contributed by atoms with Gasteiger partial charge >= 0.3 is 0 Å². The van der Waals surface area contributed by atoms with Gasteiger partial charge in [-0.2, -0.15) is 0 Å². The smallest absolute Gasteiger partial charge is 0.136 e. The van der Waals surface area contributed by atoms with Crippen LogP contribution in [0.25, 0.3) is 16.8 Å². The zero-order valence-corrected chi connectivity index (χ0v) is 15.7. The molecule has 1 aromatic carbocycles. The summed E-state index contributed by atoms with van der Waals surface area (Å²) in [6, 6.07) is 11.9. The van der Waals surface area contributed by atoms with Gasteiger partial charge in [-0.25, -0.2) is 4.98 Å². The minimum Gasteiger partial charge on any atom is -0.360 e. The first-order chi connectivity index (χ1) is 13.2. The molecule has 5 heteroatoms. The van der Waals surface area contributed by atoms with Gasteiger partial charge in [0.25, 0.3) is 0 Å². The summed E-state index contributed by atoms with van der Waals surface area (Å²) in [5.41, 5.74) is 6.06. The number of hydrogen-bond donors (Lipinski definition) is 1. The summed E-state index contributed by atoms with van der Waals surface area (Å²) in [4.78, 5) is 9.61. The molecule has 2 aliphatic heterocycles. The lowest BCUT2D eigenvalue weighted by atomic mass is 9.90. The van der Waals surface area contributed by atoms with Gasteiger partial charge in [-0.15, -0.1) is 0 Å².